The maximum Gasteiger partial charge on any atom is 0.275 e. The number of anilines is 1. The summed E-state index contributed by atoms with van der Waals surface area (Å²) in [4.78, 5) is 16.6. The highest BCUT2D eigenvalue weighted by Gasteiger charge is 2.16. The summed E-state index contributed by atoms with van der Waals surface area (Å²) in [7, 11) is 0. The van der Waals surface area contributed by atoms with Gasteiger partial charge in [-0.05, 0) is 19.8 Å². The number of rotatable bonds is 3. The lowest BCUT2D eigenvalue weighted by atomic mass is 10.2. The van der Waals surface area contributed by atoms with Gasteiger partial charge in [0.25, 0.3) is 5.56 Å². The fourth-order valence-electron chi connectivity index (χ4n) is 2.00. The number of hydrogen-bond donors (Lipinski definition) is 1. The summed E-state index contributed by atoms with van der Waals surface area (Å²) in [5.74, 6) is 0. The number of hydrogen-bond acceptors (Lipinski definition) is 6. The summed E-state index contributed by atoms with van der Waals surface area (Å²) < 4.78 is 6.85. The third kappa shape index (κ3) is 2.23. The van der Waals surface area contributed by atoms with Gasteiger partial charge in [-0.1, -0.05) is 11.3 Å². The first-order chi connectivity index (χ1) is 8.72. The second kappa shape index (κ2) is 4.66. The van der Waals surface area contributed by atoms with Gasteiger partial charge in [0.15, 0.2) is 0 Å². The van der Waals surface area contributed by atoms with Crippen molar-refractivity contribution < 1.29 is 4.74 Å². The highest BCUT2D eigenvalue weighted by Crippen LogP contribution is 2.18. The first-order valence-electron chi connectivity index (χ1n) is 5.95. The maximum atomic E-state index is 11.7. The van der Waals surface area contributed by atoms with Crippen LogP contribution < -0.4 is 10.9 Å². The quantitative estimate of drug-likeness (QED) is 0.899. The van der Waals surface area contributed by atoms with Crippen molar-refractivity contribution in [2.24, 2.45) is 0 Å². The summed E-state index contributed by atoms with van der Waals surface area (Å²) in [5, 5.41) is 8.12. The molecule has 0 saturated carbocycles. The largest absolute Gasteiger partial charge is 0.376 e. The number of fused-ring (bicyclic) bond motifs is 1. The van der Waals surface area contributed by atoms with Crippen LogP contribution in [0.1, 0.15) is 18.5 Å². The van der Waals surface area contributed by atoms with Crippen molar-refractivity contribution >= 4 is 21.4 Å². The molecule has 0 amide bonds. The Hall–Kier alpha value is -1.47. The van der Waals surface area contributed by atoms with Crippen LogP contribution in [-0.4, -0.2) is 33.9 Å². The minimum absolute atomic E-state index is 0.140. The molecule has 1 aliphatic heterocycles. The molecule has 3 heterocycles. The zero-order chi connectivity index (χ0) is 12.5. The van der Waals surface area contributed by atoms with Gasteiger partial charge in [-0.2, -0.15) is 4.52 Å². The van der Waals surface area contributed by atoms with E-state index in [4.69, 9.17) is 4.74 Å². The molecule has 0 unspecified atom stereocenters. The fraction of sp³-hybridized carbons (Fsp3) is 0.545. The van der Waals surface area contributed by atoms with Gasteiger partial charge >= 0.3 is 0 Å². The van der Waals surface area contributed by atoms with Gasteiger partial charge in [-0.15, -0.1) is 5.10 Å². The standard InChI is InChI=1S/C11H14N4O2S/c1-7-5-9(16)15-11(13-7)18-10(14-15)12-6-8-3-2-4-17-8/h5,8H,2-4,6H2,1H3,(H,12,14)/t8-/m1/s1. The van der Waals surface area contributed by atoms with Crippen molar-refractivity contribution in [2.45, 2.75) is 25.9 Å². The topological polar surface area (TPSA) is 68.5 Å². The Morgan fingerprint density at radius 3 is 3.33 bits per heavy atom. The van der Waals surface area contributed by atoms with Crippen LogP contribution in [0.3, 0.4) is 0 Å². The first-order valence-corrected chi connectivity index (χ1v) is 6.77. The summed E-state index contributed by atoms with van der Waals surface area (Å²) in [6, 6.07) is 1.48. The normalized spacial score (nSPS) is 19.5. The Balaban J connectivity index is 1.80. The van der Waals surface area contributed by atoms with Crippen LogP contribution in [0, 0.1) is 6.92 Å². The van der Waals surface area contributed by atoms with Crippen LogP contribution in [0.15, 0.2) is 10.9 Å². The average Bonchev–Trinajstić information content (AvgIpc) is 2.93. The van der Waals surface area contributed by atoms with Gasteiger partial charge in [0.1, 0.15) is 0 Å². The van der Waals surface area contributed by atoms with E-state index in [1.807, 2.05) is 0 Å². The van der Waals surface area contributed by atoms with E-state index in [0.29, 0.717) is 15.8 Å². The molecule has 0 aliphatic carbocycles. The number of nitrogens with zero attached hydrogens (tertiary/aromatic N) is 3. The molecule has 1 saturated heterocycles. The van der Waals surface area contributed by atoms with Gasteiger partial charge in [-0.25, -0.2) is 4.98 Å². The van der Waals surface area contributed by atoms with Crippen molar-refractivity contribution in [3.8, 4) is 0 Å². The fourth-order valence-corrected chi connectivity index (χ4v) is 2.86. The highest BCUT2D eigenvalue weighted by molar-refractivity contribution is 7.20. The van der Waals surface area contributed by atoms with Gasteiger partial charge in [-0.3, -0.25) is 4.79 Å². The molecule has 3 rings (SSSR count). The Labute approximate surface area is 108 Å². The van der Waals surface area contributed by atoms with Crippen molar-refractivity contribution in [1.29, 1.82) is 0 Å². The number of nitrogens with one attached hydrogen (secondary N) is 1. The average molecular weight is 266 g/mol. The van der Waals surface area contributed by atoms with Crippen LogP contribution in [0.25, 0.3) is 4.96 Å². The van der Waals surface area contributed by atoms with Gasteiger partial charge in [0, 0.05) is 24.9 Å². The zero-order valence-electron chi connectivity index (χ0n) is 10.0. The van der Waals surface area contributed by atoms with Crippen molar-refractivity contribution in [2.75, 3.05) is 18.5 Å². The Bertz CT molecular complexity index is 615. The molecule has 0 aromatic carbocycles. The third-order valence-corrected chi connectivity index (χ3v) is 3.74. The summed E-state index contributed by atoms with van der Waals surface area (Å²) in [5.41, 5.74) is 0.577. The van der Waals surface area contributed by atoms with E-state index in [2.05, 4.69) is 15.4 Å². The third-order valence-electron chi connectivity index (χ3n) is 2.88. The second-order valence-corrected chi connectivity index (χ2v) is 5.31. The lowest BCUT2D eigenvalue weighted by Gasteiger charge is -2.08. The molecule has 0 spiro atoms. The molecule has 0 radical (unpaired) electrons. The number of aryl methyl sites for hydroxylation is 1. The van der Waals surface area contributed by atoms with Gasteiger partial charge in [0.05, 0.1) is 6.10 Å². The van der Waals surface area contributed by atoms with Crippen LogP contribution in [0.4, 0.5) is 5.13 Å². The van der Waals surface area contributed by atoms with E-state index in [1.54, 1.807) is 6.92 Å². The van der Waals surface area contributed by atoms with E-state index >= 15 is 0 Å². The van der Waals surface area contributed by atoms with Crippen LogP contribution in [-0.2, 0) is 4.74 Å². The molecule has 2 aromatic heterocycles. The summed E-state index contributed by atoms with van der Waals surface area (Å²) in [6.45, 7) is 3.38. The number of aromatic nitrogens is 3. The Morgan fingerprint density at radius 2 is 2.56 bits per heavy atom. The van der Waals surface area contributed by atoms with Gasteiger partial charge < -0.3 is 10.1 Å². The molecule has 1 N–H and O–H groups in total. The molecule has 18 heavy (non-hydrogen) atoms. The predicted octanol–water partition coefficient (Wildman–Crippen LogP) is 1.05. The summed E-state index contributed by atoms with van der Waals surface area (Å²) in [6.07, 6.45) is 2.45. The molecule has 7 heteroatoms. The summed E-state index contributed by atoms with van der Waals surface area (Å²) >= 11 is 1.38. The Kier molecular flexibility index (Phi) is 3.00. The maximum absolute atomic E-state index is 11.7. The molecular weight excluding hydrogens is 252 g/mol. The van der Waals surface area contributed by atoms with Crippen LogP contribution >= 0.6 is 11.3 Å². The monoisotopic (exact) mass is 266 g/mol. The molecule has 2 aromatic rings. The van der Waals surface area contributed by atoms with Crippen molar-refractivity contribution in [3.63, 3.8) is 0 Å². The number of ether oxygens (including phenoxy) is 1. The lowest BCUT2D eigenvalue weighted by Crippen LogP contribution is -2.19. The minimum Gasteiger partial charge on any atom is -0.376 e. The smallest absolute Gasteiger partial charge is 0.275 e. The van der Waals surface area contributed by atoms with Crippen LogP contribution in [0.5, 0.6) is 0 Å². The predicted molar refractivity (Wildman–Crippen MR) is 69.3 cm³/mol. The van der Waals surface area contributed by atoms with Crippen molar-refractivity contribution in [1.82, 2.24) is 14.6 Å². The van der Waals surface area contributed by atoms with Crippen molar-refractivity contribution in [3.05, 3.63) is 22.1 Å². The Morgan fingerprint density at radius 1 is 1.67 bits per heavy atom. The van der Waals surface area contributed by atoms with Crippen LogP contribution in [0.2, 0.25) is 0 Å². The van der Waals surface area contributed by atoms with E-state index in [1.165, 1.54) is 21.9 Å². The molecule has 0 bridgehead atoms. The van der Waals surface area contributed by atoms with E-state index in [-0.39, 0.29) is 11.7 Å². The van der Waals surface area contributed by atoms with E-state index < -0.39 is 0 Å². The zero-order valence-corrected chi connectivity index (χ0v) is 10.9. The molecular formula is C11H14N4O2S. The molecule has 96 valence electrons. The molecule has 1 aliphatic rings. The van der Waals surface area contributed by atoms with E-state index in [9.17, 15) is 4.79 Å². The molecule has 6 nitrogen and oxygen atoms in total. The first kappa shape index (κ1) is 11.6. The molecule has 1 fully saturated rings. The minimum atomic E-state index is -0.140. The van der Waals surface area contributed by atoms with E-state index in [0.717, 1.165) is 26.0 Å². The molecule has 1 atom stereocenters. The highest BCUT2D eigenvalue weighted by atomic mass is 32.1. The SMILES string of the molecule is Cc1cc(=O)n2nc(NC[C@H]3CCCO3)sc2n1. The second-order valence-electron chi connectivity index (χ2n) is 4.35. The van der Waals surface area contributed by atoms with Gasteiger partial charge in [0.2, 0.25) is 10.1 Å². The lowest BCUT2D eigenvalue weighted by molar-refractivity contribution is 0.120.